The van der Waals surface area contributed by atoms with Crippen molar-refractivity contribution in [1.82, 2.24) is 10.2 Å². The second kappa shape index (κ2) is 7.68. The third-order valence-electron chi connectivity index (χ3n) is 3.72. The molecule has 0 unspecified atom stereocenters. The van der Waals surface area contributed by atoms with Crippen molar-refractivity contribution in [2.45, 2.75) is 17.7 Å². The van der Waals surface area contributed by atoms with Gasteiger partial charge in [-0.25, -0.2) is 0 Å². The van der Waals surface area contributed by atoms with Gasteiger partial charge in [0.2, 0.25) is 16.9 Å². The van der Waals surface area contributed by atoms with Crippen LogP contribution in [0.5, 0.6) is 0 Å². The van der Waals surface area contributed by atoms with E-state index in [1.807, 2.05) is 31.2 Å². The third-order valence-corrected chi connectivity index (χ3v) is 5.60. The predicted octanol–water partition coefficient (Wildman–Crippen LogP) is 2.56. The van der Waals surface area contributed by atoms with E-state index in [0.29, 0.717) is 21.8 Å². The van der Waals surface area contributed by atoms with Gasteiger partial charge in [0.05, 0.1) is 11.7 Å². The fraction of sp³-hybridized carbons (Fsp3) is 0.294. The van der Waals surface area contributed by atoms with E-state index in [-0.39, 0.29) is 18.2 Å². The van der Waals surface area contributed by atoms with Gasteiger partial charge in [-0.05, 0) is 24.6 Å². The minimum absolute atomic E-state index is 0.0479. The Bertz CT molecular complexity index is 843. The molecule has 1 atom stereocenters. The summed E-state index contributed by atoms with van der Waals surface area (Å²) < 4.78 is 0.706. The number of hydrogen-bond acceptors (Lipinski definition) is 6. The average molecular weight is 372 g/mol. The molecule has 3 rings (SSSR count). The molecule has 1 N–H and O–H groups in total. The van der Waals surface area contributed by atoms with Gasteiger partial charge in [0, 0.05) is 18.7 Å². The second-order valence-electron chi connectivity index (χ2n) is 5.60. The first-order valence-electron chi connectivity index (χ1n) is 7.64. The van der Waals surface area contributed by atoms with Crippen molar-refractivity contribution in [3.8, 4) is 12.3 Å². The van der Waals surface area contributed by atoms with Crippen LogP contribution in [0.3, 0.4) is 0 Å². The lowest BCUT2D eigenvalue weighted by molar-refractivity contribution is -0.122. The summed E-state index contributed by atoms with van der Waals surface area (Å²) in [5.74, 6) is 2.35. The SMILES string of the molecule is C#CCSc1nnc(NC(=O)[C@@H]2CC(=O)N(c3cccc(C)c3)C2)s1. The van der Waals surface area contributed by atoms with Gasteiger partial charge < -0.3 is 10.2 Å². The lowest BCUT2D eigenvalue weighted by atomic mass is 10.1. The normalized spacial score (nSPS) is 16.7. The number of nitrogens with one attached hydrogen (secondary N) is 1. The lowest BCUT2D eigenvalue weighted by Crippen LogP contribution is -2.28. The molecule has 1 saturated heterocycles. The Balaban J connectivity index is 1.63. The Hall–Kier alpha value is -2.37. The van der Waals surface area contributed by atoms with E-state index in [0.717, 1.165) is 11.3 Å². The van der Waals surface area contributed by atoms with Gasteiger partial charge in [0.25, 0.3) is 0 Å². The molecule has 2 aromatic rings. The number of thioether (sulfide) groups is 1. The number of terminal acetylenes is 1. The molecule has 1 aliphatic heterocycles. The molecule has 6 nitrogen and oxygen atoms in total. The van der Waals surface area contributed by atoms with Crippen LogP contribution in [0.1, 0.15) is 12.0 Å². The number of carbonyl (C=O) groups excluding carboxylic acids is 2. The fourth-order valence-electron chi connectivity index (χ4n) is 2.56. The van der Waals surface area contributed by atoms with Crippen molar-refractivity contribution >= 4 is 45.7 Å². The molecule has 0 spiro atoms. The highest BCUT2D eigenvalue weighted by atomic mass is 32.2. The summed E-state index contributed by atoms with van der Waals surface area (Å²) in [5.41, 5.74) is 1.90. The number of aryl methyl sites for hydroxylation is 1. The Morgan fingerprint density at radius 1 is 1.52 bits per heavy atom. The van der Waals surface area contributed by atoms with Crippen LogP contribution in [-0.2, 0) is 9.59 Å². The van der Waals surface area contributed by atoms with Crippen molar-refractivity contribution in [3.05, 3.63) is 29.8 Å². The van der Waals surface area contributed by atoms with Crippen molar-refractivity contribution in [3.63, 3.8) is 0 Å². The molecule has 2 heterocycles. The van der Waals surface area contributed by atoms with Gasteiger partial charge in [-0.2, -0.15) is 0 Å². The van der Waals surface area contributed by atoms with Crippen LogP contribution in [0, 0.1) is 25.2 Å². The minimum Gasteiger partial charge on any atom is -0.312 e. The number of anilines is 2. The standard InChI is InChI=1S/C17H16N4O2S2/c1-3-7-24-17-20-19-16(25-17)18-15(23)12-9-14(22)21(10-12)13-6-4-5-11(2)8-13/h1,4-6,8,12H,7,9-10H2,2H3,(H,18,19,23)/t12-/m1/s1. The zero-order valence-electron chi connectivity index (χ0n) is 13.6. The number of rotatable bonds is 5. The molecule has 1 aliphatic rings. The van der Waals surface area contributed by atoms with Crippen LogP contribution in [-0.4, -0.2) is 34.3 Å². The predicted molar refractivity (Wildman–Crippen MR) is 99.7 cm³/mol. The van der Waals surface area contributed by atoms with Crippen molar-refractivity contribution in [2.75, 3.05) is 22.5 Å². The van der Waals surface area contributed by atoms with Gasteiger partial charge in [0.15, 0.2) is 4.34 Å². The molecule has 1 aromatic heterocycles. The van der Waals surface area contributed by atoms with E-state index in [1.54, 1.807) is 4.90 Å². The number of aromatic nitrogens is 2. The van der Waals surface area contributed by atoms with E-state index in [2.05, 4.69) is 21.4 Å². The van der Waals surface area contributed by atoms with E-state index in [9.17, 15) is 9.59 Å². The van der Waals surface area contributed by atoms with E-state index >= 15 is 0 Å². The van der Waals surface area contributed by atoms with Crippen LogP contribution in [0.25, 0.3) is 0 Å². The lowest BCUT2D eigenvalue weighted by Gasteiger charge is -2.17. The first-order valence-corrected chi connectivity index (χ1v) is 9.44. The summed E-state index contributed by atoms with van der Waals surface area (Å²) in [5, 5.41) is 11.1. The van der Waals surface area contributed by atoms with Gasteiger partial charge in [-0.1, -0.05) is 41.2 Å². The summed E-state index contributed by atoms with van der Waals surface area (Å²) in [7, 11) is 0. The highest BCUT2D eigenvalue weighted by Crippen LogP contribution is 2.28. The zero-order valence-corrected chi connectivity index (χ0v) is 15.2. The second-order valence-corrected chi connectivity index (χ2v) is 7.80. The van der Waals surface area contributed by atoms with Crippen LogP contribution in [0.4, 0.5) is 10.8 Å². The van der Waals surface area contributed by atoms with Crippen LogP contribution < -0.4 is 10.2 Å². The van der Waals surface area contributed by atoms with E-state index < -0.39 is 5.92 Å². The van der Waals surface area contributed by atoms with Crippen LogP contribution in [0.15, 0.2) is 28.6 Å². The number of nitrogens with zero attached hydrogens (tertiary/aromatic N) is 3. The summed E-state index contributed by atoms with van der Waals surface area (Å²) in [6, 6.07) is 7.70. The average Bonchev–Trinajstić information content (AvgIpc) is 3.19. The molecule has 128 valence electrons. The summed E-state index contributed by atoms with van der Waals surface area (Å²) >= 11 is 2.67. The summed E-state index contributed by atoms with van der Waals surface area (Å²) in [6.45, 7) is 2.34. The summed E-state index contributed by atoms with van der Waals surface area (Å²) in [6.07, 6.45) is 5.40. The first-order chi connectivity index (χ1) is 12.1. The molecule has 0 aliphatic carbocycles. The van der Waals surface area contributed by atoms with Crippen LogP contribution in [0.2, 0.25) is 0 Å². The first kappa shape index (κ1) is 17.5. The number of benzene rings is 1. The largest absolute Gasteiger partial charge is 0.312 e. The maximum atomic E-state index is 12.4. The molecule has 0 radical (unpaired) electrons. The van der Waals surface area contributed by atoms with Crippen molar-refractivity contribution in [2.24, 2.45) is 5.92 Å². The molecule has 1 aromatic carbocycles. The van der Waals surface area contributed by atoms with Gasteiger partial charge in [-0.15, -0.1) is 16.6 Å². The minimum atomic E-state index is -0.404. The number of hydrogen-bond donors (Lipinski definition) is 1. The molecule has 2 amide bonds. The zero-order chi connectivity index (χ0) is 17.8. The molecular weight excluding hydrogens is 356 g/mol. The topological polar surface area (TPSA) is 75.2 Å². The highest BCUT2D eigenvalue weighted by Gasteiger charge is 2.35. The Labute approximate surface area is 154 Å². The molecule has 8 heteroatoms. The maximum Gasteiger partial charge on any atom is 0.231 e. The molecule has 0 saturated carbocycles. The van der Waals surface area contributed by atoms with Crippen LogP contribution >= 0.6 is 23.1 Å². The Kier molecular flexibility index (Phi) is 5.36. The van der Waals surface area contributed by atoms with Gasteiger partial charge >= 0.3 is 0 Å². The Morgan fingerprint density at radius 3 is 3.12 bits per heavy atom. The molecular formula is C17H16N4O2S2. The molecule has 0 bridgehead atoms. The van der Waals surface area contributed by atoms with Crippen molar-refractivity contribution < 1.29 is 9.59 Å². The number of carbonyl (C=O) groups is 2. The number of amides is 2. The van der Waals surface area contributed by atoms with Gasteiger partial charge in [-0.3, -0.25) is 9.59 Å². The monoisotopic (exact) mass is 372 g/mol. The third kappa shape index (κ3) is 4.18. The summed E-state index contributed by atoms with van der Waals surface area (Å²) in [4.78, 5) is 26.4. The van der Waals surface area contributed by atoms with E-state index in [4.69, 9.17) is 6.42 Å². The maximum absolute atomic E-state index is 12.4. The molecule has 1 fully saturated rings. The fourth-order valence-corrected chi connectivity index (χ4v) is 3.99. The Morgan fingerprint density at radius 2 is 2.36 bits per heavy atom. The van der Waals surface area contributed by atoms with Gasteiger partial charge in [0.1, 0.15) is 0 Å². The van der Waals surface area contributed by atoms with E-state index in [1.165, 1.54) is 23.1 Å². The van der Waals surface area contributed by atoms with Crippen molar-refractivity contribution in [1.29, 1.82) is 0 Å². The molecule has 25 heavy (non-hydrogen) atoms. The highest BCUT2D eigenvalue weighted by molar-refractivity contribution is 8.01. The smallest absolute Gasteiger partial charge is 0.231 e. The quantitative estimate of drug-likeness (QED) is 0.496.